The van der Waals surface area contributed by atoms with Gasteiger partial charge in [0.05, 0.1) is 16.1 Å². The molecule has 0 aliphatic heterocycles. The number of nitrogens with two attached hydrogens (primary N) is 1. The maximum atomic E-state index is 6.26. The average molecular weight is 395 g/mol. The molecule has 0 aliphatic rings. The van der Waals surface area contributed by atoms with Crippen molar-refractivity contribution in [3.8, 4) is 0 Å². The standard InChI is InChI=1S/C14H12BrCl3N2/c15-9-4-5-10(12(17)7-9)13(20-19)6-8-2-1-3-11(16)14(8)18/h1-5,7,13,20H,6,19H2. The van der Waals surface area contributed by atoms with Crippen LogP contribution in [0.5, 0.6) is 0 Å². The van der Waals surface area contributed by atoms with E-state index in [0.717, 1.165) is 15.6 Å². The topological polar surface area (TPSA) is 38.0 Å². The minimum atomic E-state index is -0.147. The van der Waals surface area contributed by atoms with Gasteiger partial charge in [-0.15, -0.1) is 0 Å². The Morgan fingerprint density at radius 3 is 2.50 bits per heavy atom. The Kier molecular flexibility index (Phi) is 5.73. The summed E-state index contributed by atoms with van der Waals surface area (Å²) in [6, 6.07) is 11.1. The van der Waals surface area contributed by atoms with Crippen molar-refractivity contribution < 1.29 is 0 Å². The molecule has 1 atom stereocenters. The van der Waals surface area contributed by atoms with Crippen LogP contribution in [0.15, 0.2) is 40.9 Å². The summed E-state index contributed by atoms with van der Waals surface area (Å²) in [5.41, 5.74) is 4.60. The van der Waals surface area contributed by atoms with Gasteiger partial charge in [-0.1, -0.05) is 68.9 Å². The van der Waals surface area contributed by atoms with Crippen LogP contribution >= 0.6 is 50.7 Å². The summed E-state index contributed by atoms with van der Waals surface area (Å²) < 4.78 is 0.919. The number of halogens is 4. The third-order valence-electron chi connectivity index (χ3n) is 2.99. The second-order valence-corrected chi connectivity index (χ2v) is 6.41. The molecule has 0 saturated carbocycles. The Balaban J connectivity index is 2.31. The molecule has 20 heavy (non-hydrogen) atoms. The first-order chi connectivity index (χ1) is 9.52. The van der Waals surface area contributed by atoms with E-state index in [1.165, 1.54) is 0 Å². The number of rotatable bonds is 4. The minimum Gasteiger partial charge on any atom is -0.271 e. The van der Waals surface area contributed by atoms with E-state index >= 15 is 0 Å². The molecule has 2 nitrogen and oxygen atoms in total. The van der Waals surface area contributed by atoms with Gasteiger partial charge in [-0.05, 0) is 35.7 Å². The first kappa shape index (κ1) is 16.1. The molecule has 0 spiro atoms. The molecule has 0 fully saturated rings. The van der Waals surface area contributed by atoms with Crippen LogP contribution in [-0.4, -0.2) is 0 Å². The van der Waals surface area contributed by atoms with E-state index in [-0.39, 0.29) is 6.04 Å². The number of hydrogen-bond acceptors (Lipinski definition) is 2. The van der Waals surface area contributed by atoms with Crippen molar-refractivity contribution in [1.29, 1.82) is 0 Å². The molecular formula is C14H12BrCl3N2. The van der Waals surface area contributed by atoms with Crippen molar-refractivity contribution >= 4 is 50.7 Å². The number of benzene rings is 2. The highest BCUT2D eigenvalue weighted by Gasteiger charge is 2.16. The molecule has 0 amide bonds. The summed E-state index contributed by atoms with van der Waals surface area (Å²) >= 11 is 21.9. The zero-order chi connectivity index (χ0) is 14.7. The van der Waals surface area contributed by atoms with Gasteiger partial charge < -0.3 is 0 Å². The summed E-state index contributed by atoms with van der Waals surface area (Å²) in [4.78, 5) is 0. The van der Waals surface area contributed by atoms with Gasteiger partial charge in [0.15, 0.2) is 0 Å². The van der Waals surface area contributed by atoms with Crippen LogP contribution in [0.1, 0.15) is 17.2 Å². The van der Waals surface area contributed by atoms with E-state index in [2.05, 4.69) is 21.4 Å². The predicted octanol–water partition coefficient (Wildman–Crippen LogP) is 5.16. The van der Waals surface area contributed by atoms with Crippen molar-refractivity contribution in [3.63, 3.8) is 0 Å². The highest BCUT2D eigenvalue weighted by atomic mass is 79.9. The highest BCUT2D eigenvalue weighted by Crippen LogP contribution is 2.32. The SMILES string of the molecule is NNC(Cc1cccc(Cl)c1Cl)c1ccc(Br)cc1Cl. The average Bonchev–Trinajstić information content (AvgIpc) is 2.41. The molecule has 0 saturated heterocycles. The van der Waals surface area contributed by atoms with Gasteiger partial charge in [-0.2, -0.15) is 0 Å². The van der Waals surface area contributed by atoms with Gasteiger partial charge in [0.25, 0.3) is 0 Å². The first-order valence-corrected chi connectivity index (χ1v) is 7.79. The Morgan fingerprint density at radius 2 is 1.85 bits per heavy atom. The van der Waals surface area contributed by atoms with Crippen LogP contribution in [0, 0.1) is 0 Å². The smallest absolute Gasteiger partial charge is 0.0624 e. The summed E-state index contributed by atoms with van der Waals surface area (Å²) in [6.45, 7) is 0. The summed E-state index contributed by atoms with van der Waals surface area (Å²) in [5, 5.41) is 1.71. The molecular weight excluding hydrogens is 382 g/mol. The Morgan fingerprint density at radius 1 is 1.10 bits per heavy atom. The van der Waals surface area contributed by atoms with Crippen LogP contribution < -0.4 is 11.3 Å². The molecule has 106 valence electrons. The van der Waals surface area contributed by atoms with E-state index in [0.29, 0.717) is 21.5 Å². The molecule has 0 radical (unpaired) electrons. The van der Waals surface area contributed by atoms with Gasteiger partial charge in [0, 0.05) is 9.50 Å². The number of hydrazine groups is 1. The Labute approximate surface area is 141 Å². The third kappa shape index (κ3) is 3.67. The van der Waals surface area contributed by atoms with E-state index < -0.39 is 0 Å². The Bertz CT molecular complexity index is 619. The van der Waals surface area contributed by atoms with E-state index in [1.807, 2.05) is 30.3 Å². The molecule has 3 N–H and O–H groups in total. The van der Waals surface area contributed by atoms with Gasteiger partial charge >= 0.3 is 0 Å². The maximum Gasteiger partial charge on any atom is 0.0624 e. The van der Waals surface area contributed by atoms with E-state index in [9.17, 15) is 0 Å². The zero-order valence-electron chi connectivity index (χ0n) is 10.3. The van der Waals surface area contributed by atoms with Gasteiger partial charge in [0.2, 0.25) is 0 Å². The van der Waals surface area contributed by atoms with E-state index in [1.54, 1.807) is 6.07 Å². The molecule has 0 aliphatic carbocycles. The molecule has 0 bridgehead atoms. The molecule has 0 aromatic heterocycles. The minimum absolute atomic E-state index is 0.147. The van der Waals surface area contributed by atoms with Crippen LogP contribution in [0.2, 0.25) is 15.1 Å². The number of hydrogen-bond donors (Lipinski definition) is 2. The van der Waals surface area contributed by atoms with Gasteiger partial charge in [-0.25, -0.2) is 0 Å². The molecule has 2 aromatic rings. The predicted molar refractivity (Wildman–Crippen MR) is 89.4 cm³/mol. The second kappa shape index (κ2) is 7.12. The molecule has 1 unspecified atom stereocenters. The molecule has 2 aromatic carbocycles. The van der Waals surface area contributed by atoms with Crippen LogP contribution in [0.4, 0.5) is 0 Å². The maximum absolute atomic E-state index is 6.26. The van der Waals surface area contributed by atoms with E-state index in [4.69, 9.17) is 40.6 Å². The van der Waals surface area contributed by atoms with Gasteiger partial charge in [0.1, 0.15) is 0 Å². The van der Waals surface area contributed by atoms with Crippen LogP contribution in [0.3, 0.4) is 0 Å². The lowest BCUT2D eigenvalue weighted by atomic mass is 9.99. The number of nitrogens with one attached hydrogen (secondary N) is 1. The van der Waals surface area contributed by atoms with Crippen LogP contribution in [0.25, 0.3) is 0 Å². The quantitative estimate of drug-likeness (QED) is 0.555. The monoisotopic (exact) mass is 392 g/mol. The van der Waals surface area contributed by atoms with Crippen molar-refractivity contribution in [2.24, 2.45) is 5.84 Å². The van der Waals surface area contributed by atoms with Crippen molar-refractivity contribution in [3.05, 3.63) is 67.1 Å². The molecule has 0 heterocycles. The fourth-order valence-electron chi connectivity index (χ4n) is 1.97. The van der Waals surface area contributed by atoms with Crippen molar-refractivity contribution in [2.45, 2.75) is 12.5 Å². The first-order valence-electron chi connectivity index (χ1n) is 5.87. The lowest BCUT2D eigenvalue weighted by Crippen LogP contribution is -2.29. The van der Waals surface area contributed by atoms with Crippen molar-refractivity contribution in [2.75, 3.05) is 0 Å². The zero-order valence-corrected chi connectivity index (χ0v) is 14.2. The lowest BCUT2D eigenvalue weighted by molar-refractivity contribution is 0.552. The summed E-state index contributed by atoms with van der Waals surface area (Å²) in [6.07, 6.45) is 0.594. The highest BCUT2D eigenvalue weighted by molar-refractivity contribution is 9.10. The van der Waals surface area contributed by atoms with Gasteiger partial charge in [-0.3, -0.25) is 11.3 Å². The third-order valence-corrected chi connectivity index (χ3v) is 4.67. The largest absolute Gasteiger partial charge is 0.271 e. The second-order valence-electron chi connectivity index (χ2n) is 4.30. The van der Waals surface area contributed by atoms with Crippen LogP contribution in [-0.2, 0) is 6.42 Å². The lowest BCUT2D eigenvalue weighted by Gasteiger charge is -2.19. The fraction of sp³-hybridized carbons (Fsp3) is 0.143. The molecule has 6 heteroatoms. The fourth-order valence-corrected chi connectivity index (χ4v) is 3.17. The Hall–Kier alpha value is -0.290. The summed E-state index contributed by atoms with van der Waals surface area (Å²) in [7, 11) is 0. The summed E-state index contributed by atoms with van der Waals surface area (Å²) in [5.74, 6) is 5.65. The molecule has 2 rings (SSSR count). The normalized spacial score (nSPS) is 12.4. The van der Waals surface area contributed by atoms with Crippen molar-refractivity contribution in [1.82, 2.24) is 5.43 Å².